The Labute approximate surface area is 168 Å². The van der Waals surface area contributed by atoms with Crippen LogP contribution in [0, 0.1) is 12.7 Å². The quantitative estimate of drug-likeness (QED) is 0.675. The summed E-state index contributed by atoms with van der Waals surface area (Å²) in [6, 6.07) is 6.67. The molecular weight excluding hydrogens is 371 g/mol. The molecule has 0 saturated carbocycles. The van der Waals surface area contributed by atoms with E-state index < -0.39 is 0 Å². The molecule has 1 saturated heterocycles. The highest BCUT2D eigenvalue weighted by Gasteiger charge is 2.37. The van der Waals surface area contributed by atoms with Gasteiger partial charge in [0.1, 0.15) is 17.3 Å². The molecule has 4 rings (SSSR count). The van der Waals surface area contributed by atoms with Crippen LogP contribution in [-0.2, 0) is 11.8 Å². The minimum Gasteiger partial charge on any atom is -0.445 e. The average Bonchev–Trinajstić information content (AvgIpc) is 3.20. The summed E-state index contributed by atoms with van der Waals surface area (Å²) in [5.41, 5.74) is 1.47. The Balaban J connectivity index is 1.42. The highest BCUT2D eigenvalue weighted by atomic mass is 19.1. The number of likely N-dealkylation sites (tertiary alicyclic amines) is 1. The van der Waals surface area contributed by atoms with Gasteiger partial charge in [0.25, 0.3) is 5.91 Å². The number of carbonyl (C=O) groups is 1. The maximum absolute atomic E-state index is 13.9. The zero-order valence-corrected chi connectivity index (χ0v) is 16.6. The van der Waals surface area contributed by atoms with Crippen molar-refractivity contribution in [3.63, 3.8) is 0 Å². The van der Waals surface area contributed by atoms with Gasteiger partial charge in [-0.25, -0.2) is 14.4 Å². The van der Waals surface area contributed by atoms with Crippen LogP contribution in [-0.4, -0.2) is 38.8 Å². The van der Waals surface area contributed by atoms with Crippen molar-refractivity contribution in [2.75, 3.05) is 13.1 Å². The van der Waals surface area contributed by atoms with E-state index in [0.717, 1.165) is 18.5 Å². The van der Waals surface area contributed by atoms with Gasteiger partial charge in [-0.15, -0.1) is 0 Å². The lowest BCUT2D eigenvalue weighted by molar-refractivity contribution is 0.0651. The zero-order valence-electron chi connectivity index (χ0n) is 16.6. The Bertz CT molecular complexity index is 1010. The van der Waals surface area contributed by atoms with E-state index in [1.165, 1.54) is 12.3 Å². The highest BCUT2D eigenvalue weighted by Crippen LogP contribution is 2.35. The average molecular weight is 394 g/mol. The first-order valence-corrected chi connectivity index (χ1v) is 9.71. The van der Waals surface area contributed by atoms with Crippen LogP contribution >= 0.6 is 0 Å². The molecule has 0 bridgehead atoms. The SMILES string of the molecule is Cc1cnc(C(=O)N2CCC(C)(c3ncc(Cc4ccccc4F)o3)CC2)cn1. The fourth-order valence-electron chi connectivity index (χ4n) is 3.58. The minimum absolute atomic E-state index is 0.104. The van der Waals surface area contributed by atoms with Crippen molar-refractivity contribution in [2.24, 2.45) is 0 Å². The van der Waals surface area contributed by atoms with Gasteiger partial charge in [-0.1, -0.05) is 25.1 Å². The molecule has 0 N–H and O–H groups in total. The molecule has 150 valence electrons. The maximum atomic E-state index is 13.9. The van der Waals surface area contributed by atoms with Crippen molar-refractivity contribution in [1.82, 2.24) is 19.9 Å². The van der Waals surface area contributed by atoms with Crippen LogP contribution in [0.5, 0.6) is 0 Å². The number of nitrogens with zero attached hydrogens (tertiary/aromatic N) is 4. The van der Waals surface area contributed by atoms with Crippen LogP contribution in [0.1, 0.15) is 53.2 Å². The van der Waals surface area contributed by atoms with E-state index in [-0.39, 0.29) is 17.1 Å². The smallest absolute Gasteiger partial charge is 0.274 e. The van der Waals surface area contributed by atoms with Crippen LogP contribution in [0.4, 0.5) is 4.39 Å². The van der Waals surface area contributed by atoms with Crippen LogP contribution in [0.3, 0.4) is 0 Å². The lowest BCUT2D eigenvalue weighted by Crippen LogP contribution is -2.44. The number of amides is 1. The van der Waals surface area contributed by atoms with E-state index >= 15 is 0 Å². The van der Waals surface area contributed by atoms with Gasteiger partial charge in [-0.2, -0.15) is 0 Å². The Morgan fingerprint density at radius 2 is 1.90 bits per heavy atom. The van der Waals surface area contributed by atoms with E-state index in [2.05, 4.69) is 21.9 Å². The molecule has 3 heterocycles. The first-order chi connectivity index (χ1) is 13.9. The van der Waals surface area contributed by atoms with Crippen molar-refractivity contribution < 1.29 is 13.6 Å². The number of halogens is 1. The molecule has 1 fully saturated rings. The maximum Gasteiger partial charge on any atom is 0.274 e. The van der Waals surface area contributed by atoms with Crippen LogP contribution in [0.25, 0.3) is 0 Å². The van der Waals surface area contributed by atoms with E-state index in [4.69, 9.17) is 4.42 Å². The fraction of sp³-hybridized carbons (Fsp3) is 0.364. The van der Waals surface area contributed by atoms with Gasteiger partial charge < -0.3 is 9.32 Å². The van der Waals surface area contributed by atoms with E-state index in [1.54, 1.807) is 29.4 Å². The fourth-order valence-corrected chi connectivity index (χ4v) is 3.58. The number of piperidine rings is 1. The van der Waals surface area contributed by atoms with Crippen molar-refractivity contribution in [1.29, 1.82) is 0 Å². The molecule has 0 radical (unpaired) electrons. The van der Waals surface area contributed by atoms with E-state index in [9.17, 15) is 9.18 Å². The van der Waals surface area contributed by atoms with Gasteiger partial charge in [0.15, 0.2) is 5.89 Å². The summed E-state index contributed by atoms with van der Waals surface area (Å²) in [6.45, 7) is 5.12. The van der Waals surface area contributed by atoms with Gasteiger partial charge in [-0.3, -0.25) is 9.78 Å². The van der Waals surface area contributed by atoms with Gasteiger partial charge in [0.05, 0.1) is 18.1 Å². The minimum atomic E-state index is -0.261. The van der Waals surface area contributed by atoms with E-state index in [1.807, 2.05) is 13.0 Å². The molecule has 1 aliphatic heterocycles. The normalized spacial score (nSPS) is 16.0. The third-order valence-corrected chi connectivity index (χ3v) is 5.55. The van der Waals surface area contributed by atoms with Crippen molar-refractivity contribution >= 4 is 5.91 Å². The van der Waals surface area contributed by atoms with Gasteiger partial charge in [0.2, 0.25) is 0 Å². The summed E-state index contributed by atoms with van der Waals surface area (Å²) in [4.78, 5) is 27.2. The summed E-state index contributed by atoms with van der Waals surface area (Å²) < 4.78 is 19.9. The van der Waals surface area contributed by atoms with Crippen molar-refractivity contribution in [3.8, 4) is 0 Å². The molecule has 29 heavy (non-hydrogen) atoms. The molecule has 0 unspecified atom stereocenters. The molecule has 1 aromatic carbocycles. The Morgan fingerprint density at radius 1 is 1.14 bits per heavy atom. The molecule has 2 aromatic heterocycles. The van der Waals surface area contributed by atoms with Gasteiger partial charge in [-0.05, 0) is 31.4 Å². The Kier molecular flexibility index (Phi) is 5.13. The monoisotopic (exact) mass is 394 g/mol. The van der Waals surface area contributed by atoms with Gasteiger partial charge in [0, 0.05) is 31.1 Å². The summed E-state index contributed by atoms with van der Waals surface area (Å²) in [7, 11) is 0. The number of benzene rings is 1. The summed E-state index contributed by atoms with van der Waals surface area (Å²) >= 11 is 0. The zero-order chi connectivity index (χ0) is 20.4. The van der Waals surface area contributed by atoms with Crippen LogP contribution in [0.2, 0.25) is 0 Å². The Morgan fingerprint density at radius 3 is 2.59 bits per heavy atom. The number of oxazole rings is 1. The lowest BCUT2D eigenvalue weighted by Gasteiger charge is -2.37. The second kappa shape index (κ2) is 7.73. The molecule has 1 amide bonds. The number of hydrogen-bond donors (Lipinski definition) is 0. The molecular formula is C22H23FN4O2. The molecule has 6 nitrogen and oxygen atoms in total. The predicted molar refractivity (Wildman–Crippen MR) is 105 cm³/mol. The first kappa shape index (κ1) is 19.2. The van der Waals surface area contributed by atoms with Gasteiger partial charge >= 0.3 is 0 Å². The van der Waals surface area contributed by atoms with Crippen molar-refractivity contribution in [3.05, 3.63) is 77.3 Å². The summed E-state index contributed by atoms with van der Waals surface area (Å²) in [5, 5.41) is 0. The number of aryl methyl sites for hydroxylation is 1. The molecule has 3 aromatic rings. The second-order valence-electron chi connectivity index (χ2n) is 7.80. The standard InChI is InChI=1S/C22H23FN4O2/c1-15-12-25-19(14-24-15)20(28)27-9-7-22(2,8-10-27)21-26-13-17(29-21)11-16-5-3-4-6-18(16)23/h3-6,12-14H,7-11H2,1-2H3. The molecule has 0 atom stereocenters. The third-order valence-electron chi connectivity index (χ3n) is 5.55. The number of hydrogen-bond acceptors (Lipinski definition) is 5. The molecule has 0 spiro atoms. The van der Waals surface area contributed by atoms with Crippen LogP contribution < -0.4 is 0 Å². The molecule has 0 aliphatic carbocycles. The number of carbonyl (C=O) groups excluding carboxylic acids is 1. The van der Waals surface area contributed by atoms with Crippen molar-refractivity contribution in [2.45, 2.75) is 38.5 Å². The number of rotatable bonds is 4. The molecule has 1 aliphatic rings. The second-order valence-corrected chi connectivity index (χ2v) is 7.80. The van der Waals surface area contributed by atoms with Crippen LogP contribution in [0.15, 0.2) is 47.3 Å². The highest BCUT2D eigenvalue weighted by molar-refractivity contribution is 5.92. The topological polar surface area (TPSA) is 72.1 Å². The number of aromatic nitrogens is 3. The summed E-state index contributed by atoms with van der Waals surface area (Å²) in [6.07, 6.45) is 6.63. The van der Waals surface area contributed by atoms with E-state index in [0.29, 0.717) is 42.4 Å². The third kappa shape index (κ3) is 4.04. The lowest BCUT2D eigenvalue weighted by atomic mass is 9.80. The predicted octanol–water partition coefficient (Wildman–Crippen LogP) is 3.70. The first-order valence-electron chi connectivity index (χ1n) is 9.71. The molecule has 7 heteroatoms. The summed E-state index contributed by atoms with van der Waals surface area (Å²) in [5.74, 6) is 0.931. The Hall–Kier alpha value is -3.09. The largest absolute Gasteiger partial charge is 0.445 e.